The zero-order valence-electron chi connectivity index (χ0n) is 14.7. The zero-order valence-corrected chi connectivity index (χ0v) is 14.7. The van der Waals surface area contributed by atoms with E-state index in [9.17, 15) is 14.4 Å². The smallest absolute Gasteiger partial charge is 0.325 e. The number of carbonyl (C=O) groups excluding carboxylic acids is 3. The lowest BCUT2D eigenvalue weighted by atomic mass is 10.0. The van der Waals surface area contributed by atoms with Gasteiger partial charge in [-0.25, -0.2) is 4.79 Å². The molecule has 2 N–H and O–H groups in total. The molecule has 0 bridgehead atoms. The SMILES string of the molecule is Cc1ccc(N[C@H]2CCCN(C(=O)CN3CC(=O)NC3=O)C2)cc1C. The third-order valence-corrected chi connectivity index (χ3v) is 4.85. The molecular formula is C18H24N4O3. The summed E-state index contributed by atoms with van der Waals surface area (Å²) in [7, 11) is 0. The van der Waals surface area contributed by atoms with Gasteiger partial charge in [0.1, 0.15) is 13.1 Å². The fourth-order valence-electron chi connectivity index (χ4n) is 3.26. The van der Waals surface area contributed by atoms with E-state index in [1.165, 1.54) is 16.0 Å². The average Bonchev–Trinajstić information content (AvgIpc) is 2.88. The van der Waals surface area contributed by atoms with Gasteiger partial charge in [-0.15, -0.1) is 0 Å². The maximum atomic E-state index is 12.5. The highest BCUT2D eigenvalue weighted by Gasteiger charge is 2.31. The maximum Gasteiger partial charge on any atom is 0.325 e. The van der Waals surface area contributed by atoms with Gasteiger partial charge in [0.05, 0.1) is 0 Å². The zero-order chi connectivity index (χ0) is 18.0. The molecule has 0 spiro atoms. The highest BCUT2D eigenvalue weighted by atomic mass is 16.2. The Morgan fingerprint density at radius 3 is 2.76 bits per heavy atom. The molecule has 1 atom stereocenters. The Bertz CT molecular complexity index is 704. The normalized spacial score (nSPS) is 20.6. The van der Waals surface area contributed by atoms with Gasteiger partial charge in [-0.3, -0.25) is 14.9 Å². The topological polar surface area (TPSA) is 81.8 Å². The van der Waals surface area contributed by atoms with E-state index in [2.05, 4.69) is 42.7 Å². The lowest BCUT2D eigenvalue weighted by Crippen LogP contribution is -2.49. The summed E-state index contributed by atoms with van der Waals surface area (Å²) in [5, 5.41) is 5.69. The van der Waals surface area contributed by atoms with Crippen molar-refractivity contribution in [2.75, 3.05) is 31.5 Å². The first-order chi connectivity index (χ1) is 11.9. The maximum absolute atomic E-state index is 12.5. The van der Waals surface area contributed by atoms with Gasteiger partial charge in [0.2, 0.25) is 11.8 Å². The summed E-state index contributed by atoms with van der Waals surface area (Å²) < 4.78 is 0. The van der Waals surface area contributed by atoms with Crippen LogP contribution in [0, 0.1) is 13.8 Å². The minimum Gasteiger partial charge on any atom is -0.381 e. The number of urea groups is 1. The first-order valence-corrected chi connectivity index (χ1v) is 8.62. The van der Waals surface area contributed by atoms with Gasteiger partial charge in [0, 0.05) is 24.8 Å². The van der Waals surface area contributed by atoms with Crippen molar-refractivity contribution >= 4 is 23.5 Å². The van der Waals surface area contributed by atoms with Crippen LogP contribution in [0.2, 0.25) is 0 Å². The fourth-order valence-corrected chi connectivity index (χ4v) is 3.26. The molecule has 0 saturated carbocycles. The van der Waals surface area contributed by atoms with E-state index >= 15 is 0 Å². The number of anilines is 1. The van der Waals surface area contributed by atoms with Crippen LogP contribution < -0.4 is 10.6 Å². The molecule has 2 fully saturated rings. The largest absolute Gasteiger partial charge is 0.381 e. The monoisotopic (exact) mass is 344 g/mol. The number of carbonyl (C=O) groups is 3. The first-order valence-electron chi connectivity index (χ1n) is 8.62. The molecule has 1 aromatic rings. The van der Waals surface area contributed by atoms with E-state index in [1.807, 2.05) is 0 Å². The van der Waals surface area contributed by atoms with Crippen molar-refractivity contribution in [2.45, 2.75) is 32.7 Å². The van der Waals surface area contributed by atoms with E-state index in [1.54, 1.807) is 4.90 Å². The number of nitrogens with one attached hydrogen (secondary N) is 2. The number of imide groups is 1. The number of amides is 4. The fraction of sp³-hybridized carbons (Fsp3) is 0.500. The van der Waals surface area contributed by atoms with Gasteiger partial charge in [-0.05, 0) is 49.9 Å². The van der Waals surface area contributed by atoms with Crippen molar-refractivity contribution in [1.82, 2.24) is 15.1 Å². The molecule has 2 aliphatic heterocycles. The van der Waals surface area contributed by atoms with Gasteiger partial charge in [-0.2, -0.15) is 0 Å². The van der Waals surface area contributed by atoms with Gasteiger partial charge < -0.3 is 15.1 Å². The van der Waals surface area contributed by atoms with Crippen molar-refractivity contribution in [3.8, 4) is 0 Å². The van der Waals surface area contributed by atoms with Crippen LogP contribution in [-0.4, -0.2) is 59.9 Å². The Morgan fingerprint density at radius 1 is 1.28 bits per heavy atom. The van der Waals surface area contributed by atoms with Crippen LogP contribution >= 0.6 is 0 Å². The van der Waals surface area contributed by atoms with Crippen molar-refractivity contribution in [1.29, 1.82) is 0 Å². The molecule has 25 heavy (non-hydrogen) atoms. The molecule has 2 heterocycles. The third-order valence-electron chi connectivity index (χ3n) is 4.85. The van der Waals surface area contributed by atoms with Crippen molar-refractivity contribution in [2.24, 2.45) is 0 Å². The Hall–Kier alpha value is -2.57. The summed E-state index contributed by atoms with van der Waals surface area (Å²) in [5.74, 6) is -0.470. The Kier molecular flexibility index (Phi) is 4.92. The number of hydrogen-bond donors (Lipinski definition) is 2. The molecule has 0 aliphatic carbocycles. The Labute approximate surface area is 147 Å². The summed E-state index contributed by atoms with van der Waals surface area (Å²) >= 11 is 0. The van der Waals surface area contributed by atoms with Crippen molar-refractivity contribution < 1.29 is 14.4 Å². The van der Waals surface area contributed by atoms with Crippen LogP contribution in [0.4, 0.5) is 10.5 Å². The van der Waals surface area contributed by atoms with Crippen LogP contribution in [0.5, 0.6) is 0 Å². The molecule has 134 valence electrons. The number of rotatable bonds is 4. The lowest BCUT2D eigenvalue weighted by molar-refractivity contribution is -0.132. The summed E-state index contributed by atoms with van der Waals surface area (Å²) in [6.07, 6.45) is 1.92. The van der Waals surface area contributed by atoms with Crippen molar-refractivity contribution in [3.63, 3.8) is 0 Å². The first kappa shape index (κ1) is 17.3. The van der Waals surface area contributed by atoms with Crippen LogP contribution in [-0.2, 0) is 9.59 Å². The van der Waals surface area contributed by atoms with Crippen LogP contribution in [0.3, 0.4) is 0 Å². The quantitative estimate of drug-likeness (QED) is 0.806. The second kappa shape index (κ2) is 7.13. The summed E-state index contributed by atoms with van der Waals surface area (Å²) in [6.45, 7) is 5.37. The van der Waals surface area contributed by atoms with E-state index in [0.29, 0.717) is 13.1 Å². The third kappa shape index (κ3) is 4.10. The molecule has 0 radical (unpaired) electrons. The molecule has 2 saturated heterocycles. The second-order valence-corrected chi connectivity index (χ2v) is 6.83. The number of nitrogens with zero attached hydrogens (tertiary/aromatic N) is 2. The molecule has 2 aliphatic rings. The van der Waals surface area contributed by atoms with E-state index in [-0.39, 0.29) is 30.9 Å². The highest BCUT2D eigenvalue weighted by molar-refractivity contribution is 6.03. The molecular weight excluding hydrogens is 320 g/mol. The summed E-state index contributed by atoms with van der Waals surface area (Å²) in [6, 6.07) is 5.97. The van der Waals surface area contributed by atoms with Gasteiger partial charge in [0.25, 0.3) is 0 Å². The average molecular weight is 344 g/mol. The number of piperidine rings is 1. The standard InChI is InChI=1S/C18H24N4O3/c1-12-5-6-14(8-13(12)2)19-15-4-3-7-21(9-15)17(24)11-22-10-16(23)20-18(22)25/h5-6,8,15,19H,3-4,7,9-11H2,1-2H3,(H,20,23,25)/t15-/m0/s1. The second-order valence-electron chi connectivity index (χ2n) is 6.83. The van der Waals surface area contributed by atoms with Gasteiger partial charge in [-0.1, -0.05) is 6.07 Å². The van der Waals surface area contributed by atoms with Crippen LogP contribution in [0.15, 0.2) is 18.2 Å². The molecule has 0 aromatic heterocycles. The minimum absolute atomic E-state index is 0.0390. The molecule has 0 unspecified atom stereocenters. The minimum atomic E-state index is -0.486. The Morgan fingerprint density at radius 2 is 2.08 bits per heavy atom. The molecule has 1 aromatic carbocycles. The van der Waals surface area contributed by atoms with Crippen LogP contribution in [0.1, 0.15) is 24.0 Å². The van der Waals surface area contributed by atoms with Gasteiger partial charge >= 0.3 is 6.03 Å². The van der Waals surface area contributed by atoms with Gasteiger partial charge in [0.15, 0.2) is 0 Å². The molecule has 7 heteroatoms. The summed E-state index contributed by atoms with van der Waals surface area (Å²) in [4.78, 5) is 38.3. The predicted molar refractivity (Wildman–Crippen MR) is 94.3 cm³/mol. The van der Waals surface area contributed by atoms with E-state index in [4.69, 9.17) is 0 Å². The number of aryl methyl sites for hydroxylation is 2. The molecule has 7 nitrogen and oxygen atoms in total. The molecule has 3 rings (SSSR count). The number of benzene rings is 1. The van der Waals surface area contributed by atoms with E-state index < -0.39 is 6.03 Å². The number of hydrogen-bond acceptors (Lipinski definition) is 4. The Balaban J connectivity index is 1.57. The van der Waals surface area contributed by atoms with Crippen molar-refractivity contribution in [3.05, 3.63) is 29.3 Å². The molecule has 4 amide bonds. The predicted octanol–water partition coefficient (Wildman–Crippen LogP) is 1.26. The van der Waals surface area contributed by atoms with Crippen LogP contribution in [0.25, 0.3) is 0 Å². The number of likely N-dealkylation sites (tertiary alicyclic amines) is 1. The van der Waals surface area contributed by atoms with E-state index in [0.717, 1.165) is 18.5 Å². The summed E-state index contributed by atoms with van der Waals surface area (Å²) in [5.41, 5.74) is 3.55. The lowest BCUT2D eigenvalue weighted by Gasteiger charge is -2.34. The highest BCUT2D eigenvalue weighted by Crippen LogP contribution is 2.19.